The molecule has 3 fully saturated rings. The Morgan fingerprint density at radius 1 is 0.968 bits per heavy atom. The first kappa shape index (κ1) is 24.0. The molecule has 1 aromatic heterocycles. The summed E-state index contributed by atoms with van der Waals surface area (Å²) in [5.74, 6) is 3.40. The van der Waals surface area contributed by atoms with E-state index in [1.165, 1.54) is 19.3 Å². The topological polar surface area (TPSA) is 98.2 Å². The Morgan fingerprint density at radius 2 is 1.61 bits per heavy atom. The fourth-order valence-electron chi connectivity index (χ4n) is 4.79. The lowest BCUT2D eigenvalue weighted by Gasteiger charge is -2.27. The Morgan fingerprint density at radius 3 is 2.26 bits per heavy atom. The molecule has 1 heterocycles. The minimum atomic E-state index is -0.0731. The number of ketones is 1. The smallest absolute Gasteiger partial charge is 0.273 e. The highest BCUT2D eigenvalue weighted by Gasteiger charge is 2.29. The van der Waals surface area contributed by atoms with Gasteiger partial charge < -0.3 is 15.6 Å². The molecule has 0 radical (unpaired) electrons. The van der Waals surface area contributed by atoms with E-state index in [2.05, 4.69) is 24.3 Å². The molecular formula is C25H41N3O3. The van der Waals surface area contributed by atoms with Crippen molar-refractivity contribution in [1.82, 2.24) is 10.5 Å². The van der Waals surface area contributed by atoms with Crippen molar-refractivity contribution in [3.8, 4) is 0 Å². The van der Waals surface area contributed by atoms with Gasteiger partial charge in [0.2, 0.25) is 0 Å². The number of hydrogen-bond acceptors (Lipinski definition) is 5. The van der Waals surface area contributed by atoms with E-state index in [4.69, 9.17) is 10.3 Å². The third-order valence-corrected chi connectivity index (χ3v) is 7.27. The minimum absolute atomic E-state index is 0.0731. The maximum atomic E-state index is 12.3. The van der Waals surface area contributed by atoms with Crippen LogP contribution in [0.25, 0.3) is 0 Å². The minimum Gasteiger partial charge on any atom is -0.360 e. The molecule has 3 atom stereocenters. The van der Waals surface area contributed by atoms with Crippen LogP contribution in [0.4, 0.5) is 0 Å². The Hall–Kier alpha value is -1.69. The summed E-state index contributed by atoms with van der Waals surface area (Å²) in [6.45, 7) is 6.29. The zero-order valence-electron chi connectivity index (χ0n) is 19.6. The van der Waals surface area contributed by atoms with Gasteiger partial charge in [0.15, 0.2) is 5.69 Å². The van der Waals surface area contributed by atoms with Crippen molar-refractivity contribution in [2.45, 2.75) is 109 Å². The fourth-order valence-corrected chi connectivity index (χ4v) is 4.79. The Balaban J connectivity index is 0.000000229. The molecule has 0 aromatic carbocycles. The van der Waals surface area contributed by atoms with Crippen molar-refractivity contribution in [2.24, 2.45) is 23.5 Å². The predicted molar refractivity (Wildman–Crippen MR) is 122 cm³/mol. The highest BCUT2D eigenvalue weighted by Crippen LogP contribution is 2.40. The molecule has 0 saturated heterocycles. The van der Waals surface area contributed by atoms with Gasteiger partial charge in [-0.1, -0.05) is 31.8 Å². The van der Waals surface area contributed by atoms with Gasteiger partial charge in [-0.05, 0) is 76.5 Å². The van der Waals surface area contributed by atoms with E-state index < -0.39 is 0 Å². The Bertz CT molecular complexity index is 719. The quantitative estimate of drug-likeness (QED) is 0.700. The van der Waals surface area contributed by atoms with Gasteiger partial charge in [0, 0.05) is 30.0 Å². The van der Waals surface area contributed by atoms with Gasteiger partial charge in [-0.3, -0.25) is 9.59 Å². The maximum absolute atomic E-state index is 12.3. The third kappa shape index (κ3) is 7.74. The molecule has 2 unspecified atom stereocenters. The Kier molecular flexibility index (Phi) is 8.70. The SMILES string of the molecule is CC(=O)C1CCC(N)CC1.CC1CCC(NC(=O)c2cc(C3CC3)on2)C[C@@H](C)CC1. The fraction of sp³-hybridized carbons (Fsp3) is 0.800. The zero-order chi connectivity index (χ0) is 22.4. The number of nitrogens with zero attached hydrogens (tertiary/aromatic N) is 1. The van der Waals surface area contributed by atoms with Gasteiger partial charge in [-0.15, -0.1) is 0 Å². The number of carbonyl (C=O) groups is 2. The van der Waals surface area contributed by atoms with E-state index in [9.17, 15) is 9.59 Å². The van der Waals surface area contributed by atoms with Crippen LogP contribution >= 0.6 is 0 Å². The van der Waals surface area contributed by atoms with Crippen molar-refractivity contribution in [3.63, 3.8) is 0 Å². The van der Waals surface area contributed by atoms with Crippen LogP contribution in [0, 0.1) is 17.8 Å². The molecule has 0 aliphatic heterocycles. The van der Waals surface area contributed by atoms with E-state index in [1.54, 1.807) is 6.92 Å². The summed E-state index contributed by atoms with van der Waals surface area (Å²) >= 11 is 0. The maximum Gasteiger partial charge on any atom is 0.273 e. The summed E-state index contributed by atoms with van der Waals surface area (Å²) in [5, 5.41) is 7.10. The van der Waals surface area contributed by atoms with E-state index >= 15 is 0 Å². The van der Waals surface area contributed by atoms with Crippen LogP contribution < -0.4 is 11.1 Å². The molecule has 6 nitrogen and oxygen atoms in total. The summed E-state index contributed by atoms with van der Waals surface area (Å²) in [6, 6.07) is 2.45. The van der Waals surface area contributed by atoms with Gasteiger partial charge in [0.25, 0.3) is 5.91 Å². The van der Waals surface area contributed by atoms with Gasteiger partial charge in [0.05, 0.1) is 0 Å². The number of Topliss-reactive ketones (excluding diaryl/α,β-unsaturated/α-hetero) is 1. The lowest BCUT2D eigenvalue weighted by molar-refractivity contribution is -0.121. The second-order valence-electron chi connectivity index (χ2n) is 10.4. The number of nitrogens with two attached hydrogens (primary N) is 1. The highest BCUT2D eigenvalue weighted by atomic mass is 16.5. The molecular weight excluding hydrogens is 390 g/mol. The summed E-state index contributed by atoms with van der Waals surface area (Å²) in [4.78, 5) is 23.2. The first-order valence-electron chi connectivity index (χ1n) is 12.3. The summed E-state index contributed by atoms with van der Waals surface area (Å²) in [5.41, 5.74) is 6.13. The first-order chi connectivity index (χ1) is 14.8. The second-order valence-corrected chi connectivity index (χ2v) is 10.4. The average molecular weight is 432 g/mol. The summed E-state index contributed by atoms with van der Waals surface area (Å²) in [6.07, 6.45) is 12.3. The average Bonchev–Trinajstić information content (AvgIpc) is 3.46. The molecule has 0 bridgehead atoms. The van der Waals surface area contributed by atoms with Crippen molar-refractivity contribution in [2.75, 3.05) is 0 Å². The molecule has 31 heavy (non-hydrogen) atoms. The number of amides is 1. The second kappa shape index (κ2) is 11.3. The van der Waals surface area contributed by atoms with E-state index in [0.717, 1.165) is 63.0 Å². The normalized spacial score (nSPS) is 31.5. The van der Waals surface area contributed by atoms with Gasteiger partial charge in [-0.2, -0.15) is 0 Å². The molecule has 6 heteroatoms. The third-order valence-electron chi connectivity index (χ3n) is 7.27. The first-order valence-corrected chi connectivity index (χ1v) is 12.3. The molecule has 3 saturated carbocycles. The van der Waals surface area contributed by atoms with Gasteiger partial charge in [0.1, 0.15) is 11.5 Å². The van der Waals surface area contributed by atoms with Crippen LogP contribution in [-0.4, -0.2) is 28.9 Å². The molecule has 4 rings (SSSR count). The van der Waals surface area contributed by atoms with Crippen LogP contribution in [0.15, 0.2) is 10.6 Å². The van der Waals surface area contributed by atoms with Crippen LogP contribution in [0.3, 0.4) is 0 Å². The number of nitrogens with one attached hydrogen (secondary N) is 1. The molecule has 3 N–H and O–H groups in total. The molecule has 1 amide bonds. The van der Waals surface area contributed by atoms with Crippen LogP contribution in [-0.2, 0) is 4.79 Å². The lowest BCUT2D eigenvalue weighted by Crippen LogP contribution is -2.37. The van der Waals surface area contributed by atoms with Crippen molar-refractivity contribution >= 4 is 11.7 Å². The van der Waals surface area contributed by atoms with Crippen LogP contribution in [0.5, 0.6) is 0 Å². The predicted octanol–water partition coefficient (Wildman–Crippen LogP) is 4.98. The molecule has 3 aliphatic rings. The van der Waals surface area contributed by atoms with Crippen molar-refractivity contribution in [3.05, 3.63) is 17.5 Å². The zero-order valence-corrected chi connectivity index (χ0v) is 19.6. The number of carbonyl (C=O) groups excluding carboxylic acids is 2. The number of rotatable bonds is 4. The molecule has 3 aliphatic carbocycles. The summed E-state index contributed by atoms with van der Waals surface area (Å²) in [7, 11) is 0. The molecule has 174 valence electrons. The van der Waals surface area contributed by atoms with E-state index in [1.807, 2.05) is 6.07 Å². The van der Waals surface area contributed by atoms with Gasteiger partial charge in [-0.25, -0.2) is 0 Å². The number of hydrogen-bond donors (Lipinski definition) is 2. The van der Waals surface area contributed by atoms with E-state index in [0.29, 0.717) is 35.3 Å². The van der Waals surface area contributed by atoms with Crippen molar-refractivity contribution < 1.29 is 14.1 Å². The largest absolute Gasteiger partial charge is 0.360 e. The van der Waals surface area contributed by atoms with Gasteiger partial charge >= 0.3 is 0 Å². The monoisotopic (exact) mass is 431 g/mol. The summed E-state index contributed by atoms with van der Waals surface area (Å²) < 4.78 is 5.27. The highest BCUT2D eigenvalue weighted by molar-refractivity contribution is 5.92. The van der Waals surface area contributed by atoms with Crippen LogP contribution in [0.2, 0.25) is 0 Å². The number of aromatic nitrogens is 1. The van der Waals surface area contributed by atoms with E-state index in [-0.39, 0.29) is 11.9 Å². The van der Waals surface area contributed by atoms with Crippen molar-refractivity contribution in [1.29, 1.82) is 0 Å². The van der Waals surface area contributed by atoms with Crippen LogP contribution in [0.1, 0.15) is 114 Å². The molecule has 1 aromatic rings. The Labute approximate surface area is 187 Å². The lowest BCUT2D eigenvalue weighted by atomic mass is 9.84. The standard InChI is InChI=1S/C17H26N2O2.C8H15NO/c1-11-3-4-12(2)9-14(8-5-11)18-17(20)15-10-16(21-19-15)13-6-7-13;1-6(10)7-2-4-8(9)5-3-7/h10-14H,3-9H2,1-2H3,(H,18,20);7-8H,2-5,9H2,1H3/t11?,12-,14?;/m0./s1. The molecule has 0 spiro atoms.